The van der Waals surface area contributed by atoms with Crippen molar-refractivity contribution in [2.75, 3.05) is 0 Å². The van der Waals surface area contributed by atoms with Gasteiger partial charge in [-0.1, -0.05) is 15.9 Å². The molecule has 1 atom stereocenters. The van der Waals surface area contributed by atoms with Crippen LogP contribution >= 0.6 is 15.9 Å². The van der Waals surface area contributed by atoms with Crippen LogP contribution in [0.1, 0.15) is 19.8 Å². The van der Waals surface area contributed by atoms with Gasteiger partial charge in [0.15, 0.2) is 0 Å². The number of benzene rings is 1. The van der Waals surface area contributed by atoms with Gasteiger partial charge in [0.25, 0.3) is 0 Å². The van der Waals surface area contributed by atoms with Crippen molar-refractivity contribution in [3.63, 3.8) is 0 Å². The molecule has 0 aromatic heterocycles. The number of hydrogen-bond donors (Lipinski definition) is 2. The van der Waals surface area contributed by atoms with Gasteiger partial charge in [-0.15, -0.1) is 0 Å². The SMILES string of the molecule is CC(NS(=O)(=O)c1ccc(Br)cc1F)C(=O)NC1CC1. The fourth-order valence-corrected chi connectivity index (χ4v) is 3.19. The Morgan fingerprint density at radius 1 is 1.45 bits per heavy atom. The first-order valence-electron chi connectivity index (χ1n) is 6.07. The summed E-state index contributed by atoms with van der Waals surface area (Å²) < 4.78 is 40.3. The van der Waals surface area contributed by atoms with Gasteiger partial charge < -0.3 is 5.32 Å². The minimum absolute atomic E-state index is 0.138. The monoisotopic (exact) mass is 364 g/mol. The maximum Gasteiger partial charge on any atom is 0.244 e. The average molecular weight is 365 g/mol. The van der Waals surface area contributed by atoms with E-state index in [-0.39, 0.29) is 6.04 Å². The second-order valence-corrected chi connectivity index (χ2v) is 7.30. The quantitative estimate of drug-likeness (QED) is 0.831. The Kier molecular flexibility index (Phi) is 4.46. The van der Waals surface area contributed by atoms with E-state index in [1.807, 2.05) is 0 Å². The van der Waals surface area contributed by atoms with E-state index < -0.39 is 32.7 Å². The van der Waals surface area contributed by atoms with E-state index in [2.05, 4.69) is 26.0 Å². The van der Waals surface area contributed by atoms with Crippen LogP contribution in [0.25, 0.3) is 0 Å². The molecule has 2 N–H and O–H groups in total. The van der Waals surface area contributed by atoms with Crippen LogP contribution in [-0.4, -0.2) is 26.4 Å². The third kappa shape index (κ3) is 3.77. The van der Waals surface area contributed by atoms with Crippen LogP contribution < -0.4 is 10.0 Å². The highest BCUT2D eigenvalue weighted by atomic mass is 79.9. The first kappa shape index (κ1) is 15.4. The highest BCUT2D eigenvalue weighted by Crippen LogP contribution is 2.20. The summed E-state index contributed by atoms with van der Waals surface area (Å²) in [6.07, 6.45) is 1.82. The Balaban J connectivity index is 2.11. The number of nitrogens with one attached hydrogen (secondary N) is 2. The molecular formula is C12H14BrFN2O3S. The lowest BCUT2D eigenvalue weighted by atomic mass is 10.3. The van der Waals surface area contributed by atoms with E-state index in [9.17, 15) is 17.6 Å². The molecule has 1 aromatic carbocycles. The Morgan fingerprint density at radius 3 is 2.65 bits per heavy atom. The van der Waals surface area contributed by atoms with E-state index >= 15 is 0 Å². The standard InChI is InChI=1S/C12H14BrFN2O3S/c1-7(12(17)15-9-3-4-9)16-20(18,19)11-5-2-8(13)6-10(11)14/h2,5-7,9,16H,3-4H2,1H3,(H,15,17). The van der Waals surface area contributed by atoms with E-state index in [0.29, 0.717) is 4.47 Å². The average Bonchev–Trinajstić information content (AvgIpc) is 3.11. The molecule has 8 heteroatoms. The predicted octanol–water partition coefficient (Wildman–Crippen LogP) is 1.53. The lowest BCUT2D eigenvalue weighted by Gasteiger charge is -2.14. The molecule has 0 spiro atoms. The van der Waals surface area contributed by atoms with Crippen LogP contribution in [0, 0.1) is 5.82 Å². The number of halogens is 2. The van der Waals surface area contributed by atoms with Gasteiger partial charge in [-0.3, -0.25) is 4.79 Å². The molecule has 20 heavy (non-hydrogen) atoms. The van der Waals surface area contributed by atoms with Crippen molar-refractivity contribution in [3.8, 4) is 0 Å². The third-order valence-electron chi connectivity index (χ3n) is 2.83. The largest absolute Gasteiger partial charge is 0.352 e. The Morgan fingerprint density at radius 2 is 2.10 bits per heavy atom. The minimum Gasteiger partial charge on any atom is -0.352 e. The van der Waals surface area contributed by atoms with Gasteiger partial charge in [0.05, 0.1) is 6.04 Å². The van der Waals surface area contributed by atoms with Crippen LogP contribution in [-0.2, 0) is 14.8 Å². The summed E-state index contributed by atoms with van der Waals surface area (Å²) in [5.74, 6) is -1.28. The van der Waals surface area contributed by atoms with Gasteiger partial charge in [0.1, 0.15) is 10.7 Å². The molecule has 0 bridgehead atoms. The zero-order valence-corrected chi connectivity index (χ0v) is 13.1. The first-order valence-corrected chi connectivity index (χ1v) is 8.35. The van der Waals surface area contributed by atoms with Crippen molar-refractivity contribution < 1.29 is 17.6 Å². The normalized spacial score (nSPS) is 16.8. The third-order valence-corrected chi connectivity index (χ3v) is 4.90. The molecule has 1 aliphatic carbocycles. The van der Waals surface area contributed by atoms with Crippen molar-refractivity contribution in [2.45, 2.75) is 36.7 Å². The predicted molar refractivity (Wildman–Crippen MR) is 75.0 cm³/mol. The van der Waals surface area contributed by atoms with Crippen molar-refractivity contribution in [3.05, 3.63) is 28.5 Å². The number of carbonyl (C=O) groups excluding carboxylic acids is 1. The van der Waals surface area contributed by atoms with Gasteiger partial charge in [-0.2, -0.15) is 4.72 Å². The lowest BCUT2D eigenvalue weighted by Crippen LogP contribution is -2.45. The molecule has 1 amide bonds. The summed E-state index contributed by atoms with van der Waals surface area (Å²) in [5.41, 5.74) is 0. The molecule has 1 aliphatic rings. The Labute approximate surface area is 125 Å². The summed E-state index contributed by atoms with van der Waals surface area (Å²) in [7, 11) is -4.07. The molecule has 1 fully saturated rings. The minimum atomic E-state index is -4.07. The summed E-state index contributed by atoms with van der Waals surface area (Å²) in [4.78, 5) is 11.2. The van der Waals surface area contributed by atoms with Gasteiger partial charge in [-0.05, 0) is 38.0 Å². The highest BCUT2D eigenvalue weighted by Gasteiger charge is 2.29. The maximum atomic E-state index is 13.7. The number of amides is 1. The second kappa shape index (κ2) is 5.79. The molecule has 110 valence electrons. The fraction of sp³-hybridized carbons (Fsp3) is 0.417. The van der Waals surface area contributed by atoms with E-state index in [1.54, 1.807) is 0 Å². The molecule has 2 rings (SSSR count). The van der Waals surface area contributed by atoms with Gasteiger partial charge in [-0.25, -0.2) is 12.8 Å². The van der Waals surface area contributed by atoms with E-state index in [0.717, 1.165) is 25.0 Å². The van der Waals surface area contributed by atoms with Gasteiger partial charge in [0.2, 0.25) is 15.9 Å². The first-order chi connectivity index (χ1) is 9.29. The van der Waals surface area contributed by atoms with Gasteiger partial charge in [0, 0.05) is 10.5 Å². The van der Waals surface area contributed by atoms with Crippen LogP contribution in [0.4, 0.5) is 4.39 Å². The van der Waals surface area contributed by atoms with Gasteiger partial charge >= 0.3 is 0 Å². The van der Waals surface area contributed by atoms with Crippen LogP contribution in [0.15, 0.2) is 27.6 Å². The van der Waals surface area contributed by atoms with Crippen molar-refractivity contribution >= 4 is 31.9 Å². The molecule has 0 aliphatic heterocycles. The number of rotatable bonds is 5. The number of carbonyl (C=O) groups is 1. The molecule has 1 unspecified atom stereocenters. The molecule has 1 saturated carbocycles. The zero-order chi connectivity index (χ0) is 14.9. The molecule has 0 heterocycles. The lowest BCUT2D eigenvalue weighted by molar-refractivity contribution is -0.122. The summed E-state index contributed by atoms with van der Waals surface area (Å²) in [6, 6.07) is 2.81. The second-order valence-electron chi connectivity index (χ2n) is 4.70. The molecule has 5 nitrogen and oxygen atoms in total. The molecule has 0 radical (unpaired) electrons. The molecule has 0 saturated heterocycles. The molecular weight excluding hydrogens is 351 g/mol. The summed E-state index contributed by atoms with van der Waals surface area (Å²) in [5, 5.41) is 2.68. The number of hydrogen-bond acceptors (Lipinski definition) is 3. The zero-order valence-electron chi connectivity index (χ0n) is 10.7. The van der Waals surface area contributed by atoms with Crippen molar-refractivity contribution in [2.24, 2.45) is 0 Å². The van der Waals surface area contributed by atoms with Crippen LogP contribution in [0.3, 0.4) is 0 Å². The number of sulfonamides is 1. The smallest absolute Gasteiger partial charge is 0.244 e. The Bertz CT molecular complexity index is 632. The summed E-state index contributed by atoms with van der Waals surface area (Å²) in [6.45, 7) is 1.42. The Hall–Kier alpha value is -0.990. The maximum absolute atomic E-state index is 13.7. The van der Waals surface area contributed by atoms with E-state index in [1.165, 1.54) is 13.0 Å². The topological polar surface area (TPSA) is 75.3 Å². The van der Waals surface area contributed by atoms with Crippen molar-refractivity contribution in [1.29, 1.82) is 0 Å². The summed E-state index contributed by atoms with van der Waals surface area (Å²) >= 11 is 3.05. The van der Waals surface area contributed by atoms with Crippen LogP contribution in [0.5, 0.6) is 0 Å². The van der Waals surface area contributed by atoms with E-state index in [4.69, 9.17) is 0 Å². The molecule has 1 aromatic rings. The van der Waals surface area contributed by atoms with Crippen LogP contribution in [0.2, 0.25) is 0 Å². The highest BCUT2D eigenvalue weighted by molar-refractivity contribution is 9.10. The fourth-order valence-electron chi connectivity index (χ4n) is 1.60. The van der Waals surface area contributed by atoms with Crippen molar-refractivity contribution in [1.82, 2.24) is 10.0 Å².